The minimum atomic E-state index is -0.731. The zero-order valence-corrected chi connectivity index (χ0v) is 36.9. The Hall–Kier alpha value is -4.00. The minimum Gasteiger partial charge on any atom is -0.459 e. The number of ether oxygens (including phenoxy) is 4. The van der Waals surface area contributed by atoms with Crippen molar-refractivity contribution in [3.8, 4) is 0 Å². The number of carbonyl (C=O) groups is 4. The minimum absolute atomic E-state index is 0.0617. The van der Waals surface area contributed by atoms with E-state index in [4.69, 9.17) is 18.9 Å². The van der Waals surface area contributed by atoms with Gasteiger partial charge in [0.25, 0.3) is 0 Å². The zero-order valence-electron chi connectivity index (χ0n) is 36.9. The lowest BCUT2D eigenvalue weighted by atomic mass is 10.1. The average Bonchev–Trinajstić information content (AvgIpc) is 3.04. The third-order valence-electron chi connectivity index (χ3n) is 8.14. The first-order chi connectivity index (χ1) is 26.4. The molecular formula is C45H72N4O8. The van der Waals surface area contributed by atoms with Crippen LogP contribution in [-0.4, -0.2) is 113 Å². The molecule has 0 unspecified atom stereocenters. The van der Waals surface area contributed by atoms with Crippen LogP contribution in [0.25, 0.3) is 0 Å². The van der Waals surface area contributed by atoms with Crippen LogP contribution < -0.4 is 5.32 Å². The molecule has 0 spiro atoms. The van der Waals surface area contributed by atoms with Crippen molar-refractivity contribution in [2.45, 2.75) is 144 Å². The van der Waals surface area contributed by atoms with Gasteiger partial charge in [0.05, 0.1) is 13.1 Å². The molecule has 1 N–H and O–H groups in total. The quantitative estimate of drug-likeness (QED) is 0.0773. The van der Waals surface area contributed by atoms with E-state index in [0.717, 1.165) is 11.1 Å². The standard InChI is InChI=1S/C45H72N4O8/c1-42(2,3)54-38(50)33-47(31-35-21-15-13-16-22-35)27-29-49(30-28-48(32-36-23-17-14-18-24-36)34-39(51)55-43(4,5)6)37(40(52)56-44(7,8)9)25-19-20-26-46-41(53)57-45(10,11)12/h13-18,21-24,37H,19-20,25-34H2,1-12H3,(H,46,53)/t37-/m0/s1. The van der Waals surface area contributed by atoms with E-state index in [1.807, 2.05) is 154 Å². The van der Waals surface area contributed by atoms with Crippen LogP contribution in [-0.2, 0) is 46.4 Å². The number of hydrogen-bond acceptors (Lipinski definition) is 11. The van der Waals surface area contributed by atoms with E-state index < -0.39 is 34.5 Å². The van der Waals surface area contributed by atoms with Crippen molar-refractivity contribution in [1.82, 2.24) is 20.0 Å². The lowest BCUT2D eigenvalue weighted by molar-refractivity contribution is -0.163. The molecule has 0 bridgehead atoms. The van der Waals surface area contributed by atoms with E-state index in [2.05, 4.69) is 10.2 Å². The van der Waals surface area contributed by atoms with Crippen molar-refractivity contribution in [2.75, 3.05) is 45.8 Å². The number of unbranched alkanes of at least 4 members (excludes halogenated alkanes) is 1. The molecule has 0 aliphatic heterocycles. The lowest BCUT2D eigenvalue weighted by Crippen LogP contribution is -2.50. The first-order valence-electron chi connectivity index (χ1n) is 20.3. The van der Waals surface area contributed by atoms with Crippen molar-refractivity contribution in [3.05, 3.63) is 71.8 Å². The molecule has 12 heteroatoms. The molecule has 2 aromatic carbocycles. The predicted molar refractivity (Wildman–Crippen MR) is 224 cm³/mol. The zero-order chi connectivity index (χ0) is 42.9. The Labute approximate surface area is 342 Å². The van der Waals surface area contributed by atoms with E-state index in [-0.39, 0.29) is 31.0 Å². The largest absolute Gasteiger partial charge is 0.459 e. The molecule has 0 radical (unpaired) electrons. The Morgan fingerprint density at radius 1 is 0.544 bits per heavy atom. The summed E-state index contributed by atoms with van der Waals surface area (Å²) >= 11 is 0. The maximum Gasteiger partial charge on any atom is 0.407 e. The van der Waals surface area contributed by atoms with Gasteiger partial charge < -0.3 is 24.3 Å². The summed E-state index contributed by atoms with van der Waals surface area (Å²) in [5.41, 5.74) is -0.538. The third kappa shape index (κ3) is 23.7. The van der Waals surface area contributed by atoms with Gasteiger partial charge in [0, 0.05) is 45.8 Å². The Morgan fingerprint density at radius 2 is 0.947 bits per heavy atom. The predicted octanol–water partition coefficient (Wildman–Crippen LogP) is 7.38. The number of hydrogen-bond donors (Lipinski definition) is 1. The highest BCUT2D eigenvalue weighted by atomic mass is 16.6. The number of carbonyl (C=O) groups excluding carboxylic acids is 4. The van der Waals surface area contributed by atoms with Crippen LogP contribution in [0.1, 0.15) is 113 Å². The summed E-state index contributed by atoms with van der Waals surface area (Å²) in [6.07, 6.45) is 1.21. The van der Waals surface area contributed by atoms with Gasteiger partial charge in [-0.1, -0.05) is 60.7 Å². The van der Waals surface area contributed by atoms with Crippen LogP contribution in [0.2, 0.25) is 0 Å². The van der Waals surface area contributed by atoms with E-state index >= 15 is 0 Å². The summed E-state index contributed by atoms with van der Waals surface area (Å²) in [7, 11) is 0. The van der Waals surface area contributed by atoms with Crippen LogP contribution in [0, 0.1) is 0 Å². The fraction of sp³-hybridized carbons (Fsp3) is 0.644. The molecule has 2 aromatic rings. The Kier molecular flexibility index (Phi) is 19.7. The molecule has 0 fully saturated rings. The molecule has 1 amide bonds. The van der Waals surface area contributed by atoms with Gasteiger partial charge in [0.2, 0.25) is 0 Å². The summed E-state index contributed by atoms with van der Waals surface area (Å²) in [6, 6.07) is 19.2. The van der Waals surface area contributed by atoms with Crippen LogP contribution in [0.3, 0.4) is 0 Å². The number of rotatable bonds is 21. The molecule has 0 aliphatic rings. The number of amides is 1. The molecule has 2 rings (SSSR count). The van der Waals surface area contributed by atoms with E-state index in [0.29, 0.717) is 65.1 Å². The Bertz CT molecular complexity index is 1430. The number of nitrogens with one attached hydrogen (secondary N) is 1. The topological polar surface area (TPSA) is 127 Å². The van der Waals surface area contributed by atoms with Gasteiger partial charge in [0.1, 0.15) is 28.4 Å². The molecule has 0 aromatic heterocycles. The summed E-state index contributed by atoms with van der Waals surface area (Å²) in [6.45, 7) is 25.3. The van der Waals surface area contributed by atoms with Crippen LogP contribution in [0.15, 0.2) is 60.7 Å². The highest BCUT2D eigenvalue weighted by Gasteiger charge is 2.32. The molecule has 57 heavy (non-hydrogen) atoms. The molecule has 0 aliphatic carbocycles. The van der Waals surface area contributed by atoms with Crippen molar-refractivity contribution >= 4 is 24.0 Å². The van der Waals surface area contributed by atoms with Crippen molar-refractivity contribution < 1.29 is 38.1 Å². The molecule has 320 valence electrons. The summed E-state index contributed by atoms with van der Waals surface area (Å²) in [5, 5.41) is 2.81. The maximum absolute atomic E-state index is 14.1. The van der Waals surface area contributed by atoms with E-state index in [1.165, 1.54) is 0 Å². The van der Waals surface area contributed by atoms with E-state index in [1.54, 1.807) is 0 Å². The van der Waals surface area contributed by atoms with Crippen LogP contribution in [0.5, 0.6) is 0 Å². The lowest BCUT2D eigenvalue weighted by Gasteiger charge is -2.36. The van der Waals surface area contributed by atoms with Crippen LogP contribution >= 0.6 is 0 Å². The molecule has 0 saturated carbocycles. The van der Waals surface area contributed by atoms with Gasteiger partial charge in [-0.2, -0.15) is 0 Å². The smallest absolute Gasteiger partial charge is 0.407 e. The molecule has 0 saturated heterocycles. The highest BCUT2D eigenvalue weighted by molar-refractivity contribution is 5.76. The van der Waals surface area contributed by atoms with Gasteiger partial charge in [-0.15, -0.1) is 0 Å². The number of benzene rings is 2. The summed E-state index contributed by atoms with van der Waals surface area (Å²) < 4.78 is 22.9. The normalized spacial score (nSPS) is 13.0. The van der Waals surface area contributed by atoms with Gasteiger partial charge in [-0.3, -0.25) is 29.1 Å². The third-order valence-corrected chi connectivity index (χ3v) is 8.14. The van der Waals surface area contributed by atoms with Gasteiger partial charge in [0.15, 0.2) is 0 Å². The first-order valence-corrected chi connectivity index (χ1v) is 20.3. The molecule has 1 atom stereocenters. The monoisotopic (exact) mass is 797 g/mol. The second-order valence-electron chi connectivity index (χ2n) is 18.6. The van der Waals surface area contributed by atoms with Crippen LogP contribution in [0.4, 0.5) is 4.79 Å². The van der Waals surface area contributed by atoms with Gasteiger partial charge >= 0.3 is 24.0 Å². The maximum atomic E-state index is 14.1. The second kappa shape index (κ2) is 22.8. The summed E-state index contributed by atoms with van der Waals surface area (Å²) in [4.78, 5) is 59.0. The van der Waals surface area contributed by atoms with Crippen molar-refractivity contribution in [3.63, 3.8) is 0 Å². The first kappa shape index (κ1) is 49.1. The molecule has 12 nitrogen and oxygen atoms in total. The molecule has 0 heterocycles. The van der Waals surface area contributed by atoms with Crippen molar-refractivity contribution in [2.24, 2.45) is 0 Å². The fourth-order valence-electron chi connectivity index (χ4n) is 5.97. The average molecular weight is 797 g/mol. The molecular weight excluding hydrogens is 725 g/mol. The number of alkyl carbamates (subject to hydrolysis) is 1. The fourth-order valence-corrected chi connectivity index (χ4v) is 5.97. The highest BCUT2D eigenvalue weighted by Crippen LogP contribution is 2.19. The summed E-state index contributed by atoms with van der Waals surface area (Å²) in [5.74, 6) is -1.03. The van der Waals surface area contributed by atoms with Crippen molar-refractivity contribution in [1.29, 1.82) is 0 Å². The van der Waals surface area contributed by atoms with Gasteiger partial charge in [-0.05, 0) is 113 Å². The van der Waals surface area contributed by atoms with Gasteiger partial charge in [-0.25, -0.2) is 4.79 Å². The SMILES string of the molecule is CC(C)(C)OC(=O)CN(CCN(CCN(CC(=O)OC(C)(C)C)Cc1ccccc1)[C@@H](CCCCNC(=O)OC(C)(C)C)C(=O)OC(C)(C)C)Cc1ccccc1. The number of esters is 3. The number of nitrogens with zero attached hydrogens (tertiary/aromatic N) is 3. The Morgan fingerprint density at radius 3 is 1.33 bits per heavy atom. The second-order valence-corrected chi connectivity index (χ2v) is 18.6. The Balaban J connectivity index is 2.46. The van der Waals surface area contributed by atoms with E-state index in [9.17, 15) is 19.2 Å².